The maximum Gasteiger partial charge on any atom is 0.123 e. The first-order valence-electron chi connectivity index (χ1n) is 8.16. The average Bonchev–Trinajstić information content (AvgIpc) is 3.15. The van der Waals surface area contributed by atoms with Gasteiger partial charge in [0.25, 0.3) is 0 Å². The van der Waals surface area contributed by atoms with Crippen LogP contribution in [0.3, 0.4) is 0 Å². The minimum Gasteiger partial charge on any atom is -0.377 e. The van der Waals surface area contributed by atoms with Crippen LogP contribution in [0.4, 0.5) is 0 Å². The smallest absolute Gasteiger partial charge is 0.123 e. The monoisotopic (exact) mass is 302 g/mol. The van der Waals surface area contributed by atoms with Gasteiger partial charge in [0.1, 0.15) is 6.23 Å². The summed E-state index contributed by atoms with van der Waals surface area (Å²) in [6.07, 6.45) is 6.32. The number of hydrogen-bond acceptors (Lipinski definition) is 4. The number of aliphatic hydroxyl groups is 1. The number of nitrogens with zero attached hydrogens (tertiary/aromatic N) is 1. The van der Waals surface area contributed by atoms with Crippen molar-refractivity contribution < 1.29 is 5.11 Å². The van der Waals surface area contributed by atoms with Crippen LogP contribution in [0.5, 0.6) is 0 Å². The molecule has 0 bridgehead atoms. The fourth-order valence-electron chi connectivity index (χ4n) is 3.45. The Morgan fingerprint density at radius 2 is 2.00 bits per heavy atom. The van der Waals surface area contributed by atoms with E-state index < -0.39 is 6.23 Å². The van der Waals surface area contributed by atoms with Crippen molar-refractivity contribution in [1.29, 1.82) is 0 Å². The van der Waals surface area contributed by atoms with Crippen molar-refractivity contribution in [2.75, 3.05) is 6.54 Å². The Balaban J connectivity index is 1.80. The van der Waals surface area contributed by atoms with Crippen molar-refractivity contribution in [2.45, 2.75) is 50.5 Å². The van der Waals surface area contributed by atoms with Gasteiger partial charge in [-0.05, 0) is 24.5 Å². The van der Waals surface area contributed by atoms with Crippen LogP contribution >= 0.6 is 0 Å². The molecule has 5 heteroatoms. The van der Waals surface area contributed by atoms with Crippen LogP contribution in [0.15, 0.2) is 30.5 Å². The van der Waals surface area contributed by atoms with Crippen molar-refractivity contribution in [3.63, 3.8) is 0 Å². The van der Waals surface area contributed by atoms with Crippen LogP contribution in [0.2, 0.25) is 0 Å². The van der Waals surface area contributed by atoms with Crippen LogP contribution < -0.4 is 16.8 Å². The lowest BCUT2D eigenvalue weighted by atomic mass is 10.1. The van der Waals surface area contributed by atoms with Gasteiger partial charge in [0.05, 0.1) is 6.54 Å². The first kappa shape index (κ1) is 15.5. The standard InChI is InChI=1S/C17H26N4O/c18-9-15(19)14-10-21(16-8-4-3-7-13(14)16)11-17(22)20-12-5-1-2-6-12/h3-4,7-8,10,12,15,17,20,22H,1-2,5-6,9,11,18-19H2. The molecule has 0 amide bonds. The zero-order valence-corrected chi connectivity index (χ0v) is 12.9. The van der Waals surface area contributed by atoms with Gasteiger partial charge in [-0.2, -0.15) is 0 Å². The Morgan fingerprint density at radius 3 is 2.73 bits per heavy atom. The topological polar surface area (TPSA) is 89.2 Å². The van der Waals surface area contributed by atoms with E-state index in [0.717, 1.165) is 29.3 Å². The molecule has 0 saturated heterocycles. The molecule has 0 spiro atoms. The number of aromatic nitrogens is 1. The van der Waals surface area contributed by atoms with Crippen LogP contribution in [-0.2, 0) is 6.54 Å². The third-order valence-corrected chi connectivity index (χ3v) is 4.63. The molecule has 0 aliphatic heterocycles. The fraction of sp³-hybridized carbons (Fsp3) is 0.529. The number of fused-ring (bicyclic) bond motifs is 1. The molecule has 2 aromatic rings. The molecule has 1 aromatic heterocycles. The number of para-hydroxylation sites is 1. The van der Waals surface area contributed by atoms with Crippen molar-refractivity contribution >= 4 is 10.9 Å². The third-order valence-electron chi connectivity index (χ3n) is 4.63. The predicted molar refractivity (Wildman–Crippen MR) is 89.3 cm³/mol. The van der Waals surface area contributed by atoms with E-state index in [1.54, 1.807) is 0 Å². The molecule has 1 aromatic carbocycles. The Labute approximate surface area is 131 Å². The van der Waals surface area contributed by atoms with E-state index in [1.165, 1.54) is 12.8 Å². The molecular weight excluding hydrogens is 276 g/mol. The van der Waals surface area contributed by atoms with E-state index in [9.17, 15) is 5.11 Å². The van der Waals surface area contributed by atoms with E-state index in [4.69, 9.17) is 11.5 Å². The quantitative estimate of drug-likeness (QED) is 0.608. The summed E-state index contributed by atoms with van der Waals surface area (Å²) in [5.41, 5.74) is 14.0. The SMILES string of the molecule is NCC(N)c1cn(CC(O)NC2CCCC2)c2ccccc12. The summed E-state index contributed by atoms with van der Waals surface area (Å²) in [4.78, 5) is 0. The van der Waals surface area contributed by atoms with Crippen LogP contribution in [0.1, 0.15) is 37.3 Å². The summed E-state index contributed by atoms with van der Waals surface area (Å²) in [5, 5.41) is 14.8. The summed E-state index contributed by atoms with van der Waals surface area (Å²) < 4.78 is 2.08. The van der Waals surface area contributed by atoms with Gasteiger partial charge in [0.2, 0.25) is 0 Å². The van der Waals surface area contributed by atoms with Crippen LogP contribution in [0, 0.1) is 0 Å². The molecule has 1 fully saturated rings. The van der Waals surface area contributed by atoms with Crippen molar-refractivity contribution in [3.8, 4) is 0 Å². The molecule has 1 aliphatic carbocycles. The Bertz CT molecular complexity index is 618. The van der Waals surface area contributed by atoms with E-state index in [-0.39, 0.29) is 6.04 Å². The third kappa shape index (κ3) is 3.17. The Hall–Kier alpha value is -1.40. The second-order valence-corrected chi connectivity index (χ2v) is 6.26. The number of nitrogens with one attached hydrogen (secondary N) is 1. The maximum atomic E-state index is 10.3. The highest BCUT2D eigenvalue weighted by atomic mass is 16.3. The summed E-state index contributed by atoms with van der Waals surface area (Å²) >= 11 is 0. The molecule has 2 atom stereocenters. The Morgan fingerprint density at radius 1 is 1.27 bits per heavy atom. The summed E-state index contributed by atoms with van der Waals surface area (Å²) in [6, 6.07) is 8.41. The minimum absolute atomic E-state index is 0.175. The molecule has 1 aliphatic rings. The number of aliphatic hydroxyl groups excluding tert-OH is 1. The van der Waals surface area contributed by atoms with E-state index >= 15 is 0 Å². The predicted octanol–water partition coefficient (Wildman–Crippen LogP) is 1.45. The highest BCUT2D eigenvalue weighted by molar-refractivity contribution is 5.84. The lowest BCUT2D eigenvalue weighted by Gasteiger charge is -2.19. The van der Waals surface area contributed by atoms with Crippen LogP contribution in [-0.4, -0.2) is 28.5 Å². The number of benzene rings is 1. The Kier molecular flexibility index (Phi) is 4.78. The first-order valence-corrected chi connectivity index (χ1v) is 8.16. The van der Waals surface area contributed by atoms with Gasteiger partial charge >= 0.3 is 0 Å². The van der Waals surface area contributed by atoms with Gasteiger partial charge in [0.15, 0.2) is 0 Å². The number of hydrogen-bond donors (Lipinski definition) is 4. The zero-order chi connectivity index (χ0) is 15.5. The summed E-state index contributed by atoms with van der Waals surface area (Å²) in [7, 11) is 0. The van der Waals surface area contributed by atoms with Gasteiger partial charge in [-0.3, -0.25) is 5.32 Å². The van der Waals surface area contributed by atoms with E-state index in [1.807, 2.05) is 18.3 Å². The van der Waals surface area contributed by atoms with Gasteiger partial charge in [-0.1, -0.05) is 31.0 Å². The second kappa shape index (κ2) is 6.79. The molecule has 1 saturated carbocycles. The van der Waals surface area contributed by atoms with Crippen molar-refractivity contribution in [1.82, 2.24) is 9.88 Å². The molecule has 120 valence electrons. The zero-order valence-electron chi connectivity index (χ0n) is 12.9. The normalized spacial score (nSPS) is 18.9. The minimum atomic E-state index is -0.541. The molecule has 5 nitrogen and oxygen atoms in total. The first-order chi connectivity index (χ1) is 10.7. The lowest BCUT2D eigenvalue weighted by Crippen LogP contribution is -2.39. The van der Waals surface area contributed by atoms with Gasteiger partial charge in [-0.15, -0.1) is 0 Å². The molecule has 1 heterocycles. The highest BCUT2D eigenvalue weighted by Crippen LogP contribution is 2.25. The molecule has 6 N–H and O–H groups in total. The molecule has 22 heavy (non-hydrogen) atoms. The van der Waals surface area contributed by atoms with Gasteiger partial charge < -0.3 is 21.1 Å². The maximum absolute atomic E-state index is 10.3. The molecule has 0 radical (unpaired) electrons. The molecule has 2 unspecified atom stereocenters. The van der Waals surface area contributed by atoms with Gasteiger partial charge in [0, 0.05) is 35.7 Å². The second-order valence-electron chi connectivity index (χ2n) is 6.26. The van der Waals surface area contributed by atoms with Crippen molar-refractivity contribution in [2.24, 2.45) is 11.5 Å². The molecule has 3 rings (SSSR count). The number of nitrogens with two attached hydrogens (primary N) is 2. The number of rotatable bonds is 6. The summed E-state index contributed by atoms with van der Waals surface area (Å²) in [5.74, 6) is 0. The highest BCUT2D eigenvalue weighted by Gasteiger charge is 2.19. The average molecular weight is 302 g/mol. The fourth-order valence-corrected chi connectivity index (χ4v) is 3.45. The molecular formula is C17H26N4O. The van der Waals surface area contributed by atoms with E-state index in [0.29, 0.717) is 19.1 Å². The van der Waals surface area contributed by atoms with Crippen molar-refractivity contribution in [3.05, 3.63) is 36.0 Å². The lowest BCUT2D eigenvalue weighted by molar-refractivity contribution is 0.106. The van der Waals surface area contributed by atoms with Crippen LogP contribution in [0.25, 0.3) is 10.9 Å². The summed E-state index contributed by atoms with van der Waals surface area (Å²) in [6.45, 7) is 0.936. The van der Waals surface area contributed by atoms with E-state index in [2.05, 4.69) is 22.0 Å². The van der Waals surface area contributed by atoms with Gasteiger partial charge in [-0.25, -0.2) is 0 Å². The largest absolute Gasteiger partial charge is 0.377 e.